The molecule has 2 heterocycles. The first-order valence-corrected chi connectivity index (χ1v) is 17.1. The Balaban J connectivity index is 0.000000417. The van der Waals surface area contributed by atoms with E-state index in [1.807, 2.05) is 6.07 Å². The third kappa shape index (κ3) is 8.75. The van der Waals surface area contributed by atoms with E-state index < -0.39 is 15.6 Å². The molecular formula is C31H51N5O4S. The lowest BCUT2D eigenvalue weighted by Gasteiger charge is -2.35. The van der Waals surface area contributed by atoms with Crippen LogP contribution in [0.2, 0.25) is 0 Å². The Labute approximate surface area is 247 Å². The second-order valence-corrected chi connectivity index (χ2v) is 14.2. The fourth-order valence-corrected chi connectivity index (χ4v) is 8.42. The number of methoxy groups -OCH3 is 1. The van der Waals surface area contributed by atoms with Crippen molar-refractivity contribution in [2.45, 2.75) is 106 Å². The average Bonchev–Trinajstić information content (AvgIpc) is 3.56. The van der Waals surface area contributed by atoms with Crippen molar-refractivity contribution >= 4 is 21.9 Å². The van der Waals surface area contributed by atoms with Crippen LogP contribution in [0.5, 0.6) is 0 Å². The first-order chi connectivity index (χ1) is 19.7. The minimum absolute atomic E-state index is 0.00259. The van der Waals surface area contributed by atoms with E-state index in [-0.39, 0.29) is 17.9 Å². The van der Waals surface area contributed by atoms with E-state index >= 15 is 0 Å². The number of amides is 1. The molecule has 0 spiro atoms. The van der Waals surface area contributed by atoms with Crippen LogP contribution >= 0.6 is 0 Å². The molecule has 1 amide bonds. The maximum atomic E-state index is 13.3. The van der Waals surface area contributed by atoms with Crippen LogP contribution in [-0.2, 0) is 19.6 Å². The molecule has 41 heavy (non-hydrogen) atoms. The molecular weight excluding hydrogens is 538 g/mol. The third-order valence-electron chi connectivity index (χ3n) is 9.36. The number of hydrogen-bond donors (Lipinski definition) is 2. The molecule has 0 radical (unpaired) electrons. The molecule has 0 bridgehead atoms. The second-order valence-electron chi connectivity index (χ2n) is 12.5. The van der Waals surface area contributed by atoms with Gasteiger partial charge in [-0.25, -0.2) is 18.1 Å². The monoisotopic (exact) mass is 589 g/mol. The van der Waals surface area contributed by atoms with Gasteiger partial charge in [0.05, 0.1) is 11.6 Å². The van der Waals surface area contributed by atoms with Crippen molar-refractivity contribution in [2.24, 2.45) is 22.6 Å². The van der Waals surface area contributed by atoms with E-state index in [0.29, 0.717) is 23.2 Å². The Morgan fingerprint density at radius 3 is 2.32 bits per heavy atom. The van der Waals surface area contributed by atoms with Crippen molar-refractivity contribution in [1.29, 1.82) is 0 Å². The van der Waals surface area contributed by atoms with Gasteiger partial charge in [-0.3, -0.25) is 14.6 Å². The summed E-state index contributed by atoms with van der Waals surface area (Å²) in [6, 6.07) is 8.39. The highest BCUT2D eigenvalue weighted by Crippen LogP contribution is 2.40. The van der Waals surface area contributed by atoms with Crippen LogP contribution in [0.15, 0.2) is 40.2 Å². The van der Waals surface area contributed by atoms with Crippen LogP contribution in [0.3, 0.4) is 0 Å². The summed E-state index contributed by atoms with van der Waals surface area (Å²) in [6.07, 6.45) is 14.9. The number of ether oxygens (including phenoxy) is 1. The fraction of sp³-hybridized carbons (Fsp3) is 0.742. The Hall–Kier alpha value is -2.01. The number of likely N-dealkylation sites (N-methyl/N-ethyl adjacent to an activating group) is 1. The van der Waals surface area contributed by atoms with Crippen LogP contribution in [-0.4, -0.2) is 75.6 Å². The Morgan fingerprint density at radius 1 is 1.00 bits per heavy atom. The van der Waals surface area contributed by atoms with Crippen LogP contribution in [0.1, 0.15) is 89.9 Å². The van der Waals surface area contributed by atoms with E-state index in [2.05, 4.69) is 9.62 Å². The Bertz CT molecular complexity index is 1100. The number of likely N-dealkylation sites (tertiary alicyclic amines) is 1. The van der Waals surface area contributed by atoms with E-state index in [1.165, 1.54) is 62.9 Å². The molecule has 1 saturated heterocycles. The topological polar surface area (TPSA) is 117 Å². The number of nitrogens with two attached hydrogens (primary N) is 1. The van der Waals surface area contributed by atoms with Gasteiger partial charge >= 0.3 is 0 Å². The fourth-order valence-electron chi connectivity index (χ4n) is 7.12. The molecule has 230 valence electrons. The van der Waals surface area contributed by atoms with Crippen molar-refractivity contribution in [1.82, 2.24) is 14.5 Å². The zero-order valence-corrected chi connectivity index (χ0v) is 25.9. The van der Waals surface area contributed by atoms with Crippen molar-refractivity contribution in [3.05, 3.63) is 30.3 Å². The molecule has 2 aliphatic heterocycles. The minimum Gasteiger partial charge on any atom is -0.369 e. The quantitative estimate of drug-likeness (QED) is 0.416. The summed E-state index contributed by atoms with van der Waals surface area (Å²) in [5.41, 5.74) is 5.31. The maximum Gasteiger partial charge on any atom is 0.257 e. The minimum atomic E-state index is -3.55. The van der Waals surface area contributed by atoms with E-state index in [9.17, 15) is 13.2 Å². The molecule has 0 unspecified atom stereocenters. The van der Waals surface area contributed by atoms with Gasteiger partial charge in [0.2, 0.25) is 10.0 Å². The zero-order chi connectivity index (χ0) is 29.3. The lowest BCUT2D eigenvalue weighted by Crippen LogP contribution is -2.45. The molecule has 2 aliphatic carbocycles. The molecule has 9 nitrogen and oxygen atoms in total. The van der Waals surface area contributed by atoms with Gasteiger partial charge in [0.1, 0.15) is 5.54 Å². The van der Waals surface area contributed by atoms with Gasteiger partial charge < -0.3 is 10.5 Å². The number of guanidine groups is 1. The first-order valence-electron chi connectivity index (χ1n) is 15.6. The lowest BCUT2D eigenvalue weighted by atomic mass is 9.74. The number of nitrogens with one attached hydrogen (secondary N) is 1. The maximum absolute atomic E-state index is 13.3. The highest BCUT2D eigenvalue weighted by molar-refractivity contribution is 7.89. The molecule has 3 fully saturated rings. The van der Waals surface area contributed by atoms with Crippen molar-refractivity contribution in [3.63, 3.8) is 0 Å². The molecule has 3 N–H and O–H groups in total. The lowest BCUT2D eigenvalue weighted by molar-refractivity contribution is -0.131. The molecule has 2 saturated carbocycles. The summed E-state index contributed by atoms with van der Waals surface area (Å²) in [6.45, 7) is 3.28. The molecule has 0 aromatic heterocycles. The number of benzene rings is 1. The summed E-state index contributed by atoms with van der Waals surface area (Å²) in [7, 11) is -0.0938. The largest absolute Gasteiger partial charge is 0.369 e. The SMILES string of the molecule is CN1C(=O)[C@@](CCC2CCCCC2)(C[C@H]2CCC[C@@H](NS(=O)(=O)c3ccccc3)C2)N=C1N.COCN1CCCC1. The van der Waals surface area contributed by atoms with Crippen LogP contribution in [0, 0.1) is 11.8 Å². The van der Waals surface area contributed by atoms with Crippen LogP contribution in [0.4, 0.5) is 0 Å². The Morgan fingerprint density at radius 2 is 1.68 bits per heavy atom. The number of nitrogens with zero attached hydrogens (tertiary/aromatic N) is 3. The number of carbonyl (C=O) groups is 1. The average molecular weight is 590 g/mol. The standard InChI is InChI=1S/C25H38N4O3S.C6H13NO/c1-29-23(30)25(27-24(29)26,16-15-19-9-4-2-5-10-19)18-20-11-8-12-21(17-20)28-33(31,32)22-13-6-3-7-14-22;1-8-6-7-4-2-3-5-7/h3,6-7,13-14,19-21,28H,2,4-5,8-12,15-18H2,1H3,(H2,26,27);2-6H2,1H3/t20-,21+,25+;/m0./s1. The summed E-state index contributed by atoms with van der Waals surface area (Å²) >= 11 is 0. The number of carbonyl (C=O) groups excluding carboxylic acids is 1. The van der Waals surface area contributed by atoms with Crippen LogP contribution < -0.4 is 10.5 Å². The highest BCUT2D eigenvalue weighted by Gasteiger charge is 2.48. The first kappa shape index (κ1) is 31.9. The number of aliphatic imine (C=N–C) groups is 1. The summed E-state index contributed by atoms with van der Waals surface area (Å²) in [4.78, 5) is 22.2. The van der Waals surface area contributed by atoms with Gasteiger partial charge in [0.15, 0.2) is 5.96 Å². The number of hydrogen-bond acceptors (Lipinski definition) is 7. The zero-order valence-electron chi connectivity index (χ0n) is 25.1. The van der Waals surface area contributed by atoms with Gasteiger partial charge in [-0.1, -0.05) is 63.1 Å². The third-order valence-corrected chi connectivity index (χ3v) is 10.9. The summed E-state index contributed by atoms with van der Waals surface area (Å²) in [5.74, 6) is 1.21. The predicted molar refractivity (Wildman–Crippen MR) is 163 cm³/mol. The second kappa shape index (κ2) is 14.9. The van der Waals surface area contributed by atoms with E-state index in [4.69, 9.17) is 15.5 Å². The smallest absolute Gasteiger partial charge is 0.257 e. The molecule has 1 aromatic rings. The van der Waals surface area contributed by atoms with Gasteiger partial charge in [-0.05, 0) is 68.9 Å². The molecule has 10 heteroatoms. The van der Waals surface area contributed by atoms with Crippen molar-refractivity contribution in [3.8, 4) is 0 Å². The van der Waals surface area contributed by atoms with Gasteiger partial charge in [0, 0.05) is 33.3 Å². The summed E-state index contributed by atoms with van der Waals surface area (Å²) < 4.78 is 33.5. The highest BCUT2D eigenvalue weighted by atomic mass is 32.2. The van der Waals surface area contributed by atoms with Gasteiger partial charge in [0.25, 0.3) is 5.91 Å². The normalized spacial score (nSPS) is 27.9. The summed E-state index contributed by atoms with van der Waals surface area (Å²) in [5, 5.41) is 0. The van der Waals surface area contributed by atoms with E-state index in [1.54, 1.807) is 38.4 Å². The van der Waals surface area contributed by atoms with Crippen molar-refractivity contribution in [2.75, 3.05) is 34.0 Å². The van der Waals surface area contributed by atoms with Crippen LogP contribution in [0.25, 0.3) is 0 Å². The molecule has 4 aliphatic rings. The molecule has 5 rings (SSSR count). The Kier molecular flexibility index (Phi) is 11.6. The van der Waals surface area contributed by atoms with Gasteiger partial charge in [-0.2, -0.15) is 0 Å². The van der Waals surface area contributed by atoms with E-state index in [0.717, 1.165) is 45.3 Å². The van der Waals surface area contributed by atoms with Gasteiger partial charge in [-0.15, -0.1) is 0 Å². The number of rotatable bonds is 10. The number of sulfonamides is 1. The predicted octanol–water partition coefficient (Wildman–Crippen LogP) is 4.49. The molecule has 1 aromatic carbocycles. The van der Waals surface area contributed by atoms with Crippen molar-refractivity contribution < 1.29 is 17.9 Å². The molecule has 3 atom stereocenters.